The van der Waals surface area contributed by atoms with Crippen LogP contribution in [0.3, 0.4) is 0 Å². The molecule has 0 saturated carbocycles. The van der Waals surface area contributed by atoms with Crippen LogP contribution in [0.2, 0.25) is 5.02 Å². The summed E-state index contributed by atoms with van der Waals surface area (Å²) in [7, 11) is 1.95. The van der Waals surface area contributed by atoms with Crippen molar-refractivity contribution >= 4 is 22.9 Å². The summed E-state index contributed by atoms with van der Waals surface area (Å²) >= 11 is 8.26. The van der Waals surface area contributed by atoms with E-state index >= 15 is 0 Å². The van der Waals surface area contributed by atoms with Crippen molar-refractivity contribution in [1.82, 2.24) is 5.32 Å². The number of thiophene rings is 1. The first-order valence-corrected chi connectivity index (χ1v) is 8.13. The molecular weight excluding hydrogens is 306 g/mol. The fourth-order valence-electron chi connectivity index (χ4n) is 2.50. The van der Waals surface area contributed by atoms with E-state index in [0.717, 1.165) is 17.1 Å². The molecule has 5 heteroatoms. The Morgan fingerprint density at radius 3 is 2.38 bits per heavy atom. The van der Waals surface area contributed by atoms with Gasteiger partial charge in [0.1, 0.15) is 13.2 Å². The molecule has 0 aliphatic carbocycles. The van der Waals surface area contributed by atoms with Gasteiger partial charge < -0.3 is 14.8 Å². The van der Waals surface area contributed by atoms with Crippen LogP contribution >= 0.6 is 22.9 Å². The van der Waals surface area contributed by atoms with Crippen LogP contribution in [-0.4, -0.2) is 20.3 Å². The van der Waals surface area contributed by atoms with Crippen molar-refractivity contribution in [2.45, 2.75) is 19.9 Å². The molecule has 1 aliphatic heterocycles. The zero-order valence-electron chi connectivity index (χ0n) is 12.3. The second-order valence-electron chi connectivity index (χ2n) is 5.13. The minimum Gasteiger partial charge on any atom is -0.486 e. The molecule has 0 radical (unpaired) electrons. The molecule has 0 spiro atoms. The van der Waals surface area contributed by atoms with Gasteiger partial charge in [-0.1, -0.05) is 11.6 Å². The Morgan fingerprint density at radius 2 is 1.81 bits per heavy atom. The highest BCUT2D eigenvalue weighted by Crippen LogP contribution is 2.40. The van der Waals surface area contributed by atoms with E-state index in [1.165, 1.54) is 15.3 Å². The number of benzene rings is 1. The number of ether oxygens (including phenoxy) is 2. The predicted molar refractivity (Wildman–Crippen MR) is 87.1 cm³/mol. The Hall–Kier alpha value is -1.23. The molecule has 0 fully saturated rings. The summed E-state index contributed by atoms with van der Waals surface area (Å²) in [5, 5.41) is 4.05. The summed E-state index contributed by atoms with van der Waals surface area (Å²) in [4.78, 5) is 2.59. The van der Waals surface area contributed by atoms with Gasteiger partial charge in [-0.3, -0.25) is 0 Å². The first-order chi connectivity index (χ1) is 10.1. The average molecular weight is 324 g/mol. The number of nitrogens with one attached hydrogen (secondary N) is 1. The lowest BCUT2D eigenvalue weighted by atomic mass is 10.0. The maximum absolute atomic E-state index is 6.46. The normalized spacial score (nSPS) is 15.0. The molecule has 3 nitrogen and oxygen atoms in total. The monoisotopic (exact) mass is 323 g/mol. The lowest BCUT2D eigenvalue weighted by Gasteiger charge is -2.23. The van der Waals surface area contributed by atoms with E-state index in [2.05, 4.69) is 25.2 Å². The SMILES string of the molecule is CNC(c1cc(C)c(C)s1)c1cc2c(cc1Cl)OCCO2. The van der Waals surface area contributed by atoms with Crippen LogP contribution in [0.4, 0.5) is 0 Å². The van der Waals surface area contributed by atoms with E-state index in [0.29, 0.717) is 18.2 Å². The van der Waals surface area contributed by atoms with Crippen LogP contribution in [0, 0.1) is 13.8 Å². The number of rotatable bonds is 3. The van der Waals surface area contributed by atoms with Gasteiger partial charge in [0.05, 0.1) is 6.04 Å². The Kier molecular flexibility index (Phi) is 4.11. The van der Waals surface area contributed by atoms with Gasteiger partial charge in [0.15, 0.2) is 11.5 Å². The Morgan fingerprint density at radius 1 is 1.14 bits per heavy atom. The Bertz CT molecular complexity index is 649. The van der Waals surface area contributed by atoms with Crippen molar-refractivity contribution in [3.8, 4) is 11.5 Å². The van der Waals surface area contributed by atoms with Crippen LogP contribution in [0.1, 0.15) is 26.9 Å². The fourth-order valence-corrected chi connectivity index (χ4v) is 3.93. The lowest BCUT2D eigenvalue weighted by Crippen LogP contribution is -2.19. The summed E-state index contributed by atoms with van der Waals surface area (Å²) in [6.07, 6.45) is 0. The van der Waals surface area contributed by atoms with Gasteiger partial charge in [-0.15, -0.1) is 11.3 Å². The second-order valence-corrected chi connectivity index (χ2v) is 6.82. The molecule has 3 rings (SSSR count). The molecule has 0 bridgehead atoms. The Labute approximate surface area is 133 Å². The van der Waals surface area contributed by atoms with Crippen molar-refractivity contribution in [3.05, 3.63) is 44.1 Å². The fraction of sp³-hybridized carbons (Fsp3) is 0.375. The number of hydrogen-bond acceptors (Lipinski definition) is 4. The highest BCUT2D eigenvalue weighted by molar-refractivity contribution is 7.12. The van der Waals surface area contributed by atoms with E-state index in [1.54, 1.807) is 11.3 Å². The van der Waals surface area contributed by atoms with Crippen LogP contribution in [0.15, 0.2) is 18.2 Å². The van der Waals surface area contributed by atoms with Gasteiger partial charge in [-0.25, -0.2) is 0 Å². The maximum atomic E-state index is 6.46. The first kappa shape index (κ1) is 14.7. The second kappa shape index (κ2) is 5.87. The van der Waals surface area contributed by atoms with Crippen LogP contribution in [0.5, 0.6) is 11.5 Å². The number of hydrogen-bond donors (Lipinski definition) is 1. The Balaban J connectivity index is 2.04. The average Bonchev–Trinajstić information content (AvgIpc) is 2.80. The minimum atomic E-state index is 0.0609. The summed E-state index contributed by atoms with van der Waals surface area (Å²) in [5.41, 5.74) is 2.33. The molecule has 1 aliphatic rings. The molecule has 2 aromatic rings. The third-order valence-electron chi connectivity index (χ3n) is 3.73. The first-order valence-electron chi connectivity index (χ1n) is 6.93. The van der Waals surface area contributed by atoms with Gasteiger partial charge in [0, 0.05) is 20.8 Å². The molecule has 1 N–H and O–H groups in total. The lowest BCUT2D eigenvalue weighted by molar-refractivity contribution is 0.171. The minimum absolute atomic E-state index is 0.0609. The molecule has 21 heavy (non-hydrogen) atoms. The van der Waals surface area contributed by atoms with E-state index < -0.39 is 0 Å². The molecule has 1 unspecified atom stereocenters. The van der Waals surface area contributed by atoms with Crippen LogP contribution in [0.25, 0.3) is 0 Å². The van der Waals surface area contributed by atoms with Crippen molar-refractivity contribution in [1.29, 1.82) is 0 Å². The van der Waals surface area contributed by atoms with Crippen molar-refractivity contribution < 1.29 is 9.47 Å². The highest BCUT2D eigenvalue weighted by Gasteiger charge is 2.22. The molecule has 1 aromatic heterocycles. The predicted octanol–water partition coefficient (Wildman–Crippen LogP) is 4.10. The molecule has 112 valence electrons. The van der Waals surface area contributed by atoms with Crippen molar-refractivity contribution in [3.63, 3.8) is 0 Å². The van der Waals surface area contributed by atoms with Gasteiger partial charge in [-0.05, 0) is 44.2 Å². The van der Waals surface area contributed by atoms with E-state index in [4.69, 9.17) is 21.1 Å². The maximum Gasteiger partial charge on any atom is 0.162 e. The van der Waals surface area contributed by atoms with Gasteiger partial charge in [0.25, 0.3) is 0 Å². The smallest absolute Gasteiger partial charge is 0.162 e. The van der Waals surface area contributed by atoms with Crippen molar-refractivity contribution in [2.75, 3.05) is 20.3 Å². The summed E-state index contributed by atoms with van der Waals surface area (Å²) in [5.74, 6) is 1.49. The molecular formula is C16H18ClNO2S. The van der Waals surface area contributed by atoms with Crippen LogP contribution < -0.4 is 14.8 Å². The summed E-state index contributed by atoms with van der Waals surface area (Å²) in [6, 6.07) is 6.12. The molecule has 0 amide bonds. The molecule has 0 saturated heterocycles. The van der Waals surface area contributed by atoms with E-state index in [-0.39, 0.29) is 6.04 Å². The highest BCUT2D eigenvalue weighted by atomic mass is 35.5. The topological polar surface area (TPSA) is 30.5 Å². The number of aryl methyl sites for hydroxylation is 2. The van der Waals surface area contributed by atoms with Gasteiger partial charge in [-0.2, -0.15) is 0 Å². The standard InChI is InChI=1S/C16H18ClNO2S/c1-9-6-15(21-10(9)2)16(18-3)11-7-13-14(8-12(11)17)20-5-4-19-13/h6-8,16,18H,4-5H2,1-3H3. The van der Waals surface area contributed by atoms with E-state index in [9.17, 15) is 0 Å². The third-order valence-corrected chi connectivity index (χ3v) is 5.28. The van der Waals surface area contributed by atoms with Crippen molar-refractivity contribution in [2.24, 2.45) is 0 Å². The largest absolute Gasteiger partial charge is 0.486 e. The third kappa shape index (κ3) is 2.76. The molecule has 1 atom stereocenters. The van der Waals surface area contributed by atoms with Gasteiger partial charge in [0.2, 0.25) is 0 Å². The van der Waals surface area contributed by atoms with E-state index in [1.807, 2.05) is 19.2 Å². The number of halogens is 1. The summed E-state index contributed by atoms with van der Waals surface area (Å²) < 4.78 is 11.2. The quantitative estimate of drug-likeness (QED) is 0.922. The zero-order valence-corrected chi connectivity index (χ0v) is 13.9. The molecule has 1 aromatic carbocycles. The molecule has 2 heterocycles. The summed E-state index contributed by atoms with van der Waals surface area (Å²) in [6.45, 7) is 5.42. The number of fused-ring (bicyclic) bond motifs is 1. The van der Waals surface area contributed by atoms with Crippen LogP contribution in [-0.2, 0) is 0 Å². The zero-order chi connectivity index (χ0) is 15.0. The van der Waals surface area contributed by atoms with Gasteiger partial charge >= 0.3 is 0 Å².